The largest absolute Gasteiger partial charge is 0.383 e. The number of ether oxygens (including phenoxy) is 1. The van der Waals surface area contributed by atoms with Gasteiger partial charge in [-0.3, -0.25) is 0 Å². The van der Waals surface area contributed by atoms with Crippen molar-refractivity contribution in [3.63, 3.8) is 0 Å². The quantitative estimate of drug-likeness (QED) is 0.677. The van der Waals surface area contributed by atoms with E-state index in [1.165, 1.54) is 19.3 Å². The summed E-state index contributed by atoms with van der Waals surface area (Å²) in [5.41, 5.74) is 0. The normalized spacial score (nSPS) is 34.8. The summed E-state index contributed by atoms with van der Waals surface area (Å²) in [6, 6.07) is 0.721. The molecule has 1 fully saturated rings. The van der Waals surface area contributed by atoms with Crippen molar-refractivity contribution >= 4 is 0 Å². The van der Waals surface area contributed by atoms with Crippen molar-refractivity contribution in [1.29, 1.82) is 0 Å². The fourth-order valence-corrected chi connectivity index (χ4v) is 2.22. The maximum atomic E-state index is 5.03. The molecule has 0 spiro atoms. The molecule has 3 atom stereocenters. The molecule has 1 aliphatic rings. The number of hydrogen-bond donors (Lipinski definition) is 1. The van der Waals surface area contributed by atoms with E-state index in [2.05, 4.69) is 19.2 Å². The Morgan fingerprint density at radius 2 is 2.08 bits per heavy atom. The summed E-state index contributed by atoms with van der Waals surface area (Å²) in [4.78, 5) is 0. The van der Waals surface area contributed by atoms with E-state index in [9.17, 15) is 0 Å². The Morgan fingerprint density at radius 3 is 2.77 bits per heavy atom. The molecule has 1 N–H and O–H groups in total. The van der Waals surface area contributed by atoms with Crippen LogP contribution in [0.2, 0.25) is 0 Å². The Bertz CT molecular complexity index is 138. The average molecular weight is 185 g/mol. The van der Waals surface area contributed by atoms with Gasteiger partial charge >= 0.3 is 0 Å². The molecule has 13 heavy (non-hydrogen) atoms. The van der Waals surface area contributed by atoms with Crippen LogP contribution in [0.4, 0.5) is 0 Å². The zero-order valence-corrected chi connectivity index (χ0v) is 9.18. The van der Waals surface area contributed by atoms with Crippen LogP contribution in [0, 0.1) is 11.8 Å². The van der Waals surface area contributed by atoms with Crippen molar-refractivity contribution in [2.45, 2.75) is 39.2 Å². The first-order valence-electron chi connectivity index (χ1n) is 5.48. The number of hydrogen-bond acceptors (Lipinski definition) is 2. The van der Waals surface area contributed by atoms with Crippen LogP contribution in [0.15, 0.2) is 0 Å². The molecule has 0 amide bonds. The molecule has 1 saturated carbocycles. The highest BCUT2D eigenvalue weighted by atomic mass is 16.5. The standard InChI is InChI=1S/C11H23NO/c1-9-5-4-6-11(10(9)2)12-7-8-13-3/h9-12H,4-8H2,1-3H3. The predicted octanol–water partition coefficient (Wildman–Crippen LogP) is 2.05. The van der Waals surface area contributed by atoms with Crippen LogP contribution in [-0.4, -0.2) is 26.3 Å². The highest BCUT2D eigenvalue weighted by Crippen LogP contribution is 2.29. The van der Waals surface area contributed by atoms with Crippen LogP contribution in [0.5, 0.6) is 0 Å². The molecule has 0 radical (unpaired) electrons. The molecular formula is C11H23NO. The third-order valence-electron chi connectivity index (χ3n) is 3.42. The fraction of sp³-hybridized carbons (Fsp3) is 1.00. The monoisotopic (exact) mass is 185 g/mol. The molecule has 0 heterocycles. The second kappa shape index (κ2) is 5.61. The summed E-state index contributed by atoms with van der Waals surface area (Å²) >= 11 is 0. The number of nitrogens with one attached hydrogen (secondary N) is 1. The molecule has 0 aromatic heterocycles. The Morgan fingerprint density at radius 1 is 1.31 bits per heavy atom. The molecule has 3 unspecified atom stereocenters. The van der Waals surface area contributed by atoms with Gasteiger partial charge in [0, 0.05) is 19.7 Å². The van der Waals surface area contributed by atoms with E-state index >= 15 is 0 Å². The minimum atomic E-state index is 0.721. The lowest BCUT2D eigenvalue weighted by molar-refractivity contribution is 0.167. The topological polar surface area (TPSA) is 21.3 Å². The lowest BCUT2D eigenvalue weighted by Gasteiger charge is -2.34. The van der Waals surface area contributed by atoms with E-state index < -0.39 is 0 Å². The van der Waals surface area contributed by atoms with Gasteiger partial charge < -0.3 is 10.1 Å². The summed E-state index contributed by atoms with van der Waals surface area (Å²) in [6.07, 6.45) is 4.13. The SMILES string of the molecule is COCCNC1CCCC(C)C1C. The molecule has 0 aliphatic heterocycles. The average Bonchev–Trinajstić information content (AvgIpc) is 2.13. The maximum absolute atomic E-state index is 5.03. The van der Waals surface area contributed by atoms with Gasteiger partial charge in [0.15, 0.2) is 0 Å². The molecule has 2 heteroatoms. The lowest BCUT2D eigenvalue weighted by atomic mass is 9.78. The third kappa shape index (κ3) is 3.28. The zero-order chi connectivity index (χ0) is 9.68. The predicted molar refractivity (Wildman–Crippen MR) is 55.8 cm³/mol. The van der Waals surface area contributed by atoms with Crippen molar-refractivity contribution in [2.75, 3.05) is 20.3 Å². The summed E-state index contributed by atoms with van der Waals surface area (Å²) in [7, 11) is 1.76. The van der Waals surface area contributed by atoms with E-state index in [0.29, 0.717) is 0 Å². The Hall–Kier alpha value is -0.0800. The van der Waals surface area contributed by atoms with Crippen molar-refractivity contribution < 1.29 is 4.74 Å². The summed E-state index contributed by atoms with van der Waals surface area (Å²) in [5.74, 6) is 1.71. The molecule has 0 saturated heterocycles. The minimum absolute atomic E-state index is 0.721. The first-order chi connectivity index (χ1) is 6.25. The Labute approximate surface area is 82.0 Å². The third-order valence-corrected chi connectivity index (χ3v) is 3.42. The van der Waals surface area contributed by atoms with Gasteiger partial charge in [0.1, 0.15) is 0 Å². The lowest BCUT2D eigenvalue weighted by Crippen LogP contribution is -2.41. The van der Waals surface area contributed by atoms with Gasteiger partial charge in [0.2, 0.25) is 0 Å². The second-order valence-electron chi connectivity index (χ2n) is 4.32. The van der Waals surface area contributed by atoms with Gasteiger partial charge in [0.05, 0.1) is 6.61 Å². The van der Waals surface area contributed by atoms with Crippen LogP contribution >= 0.6 is 0 Å². The van der Waals surface area contributed by atoms with Gasteiger partial charge in [-0.15, -0.1) is 0 Å². The van der Waals surface area contributed by atoms with Crippen molar-refractivity contribution in [3.8, 4) is 0 Å². The van der Waals surface area contributed by atoms with Crippen LogP contribution in [-0.2, 0) is 4.74 Å². The molecule has 0 aromatic carbocycles. The number of methoxy groups -OCH3 is 1. The van der Waals surface area contributed by atoms with Crippen LogP contribution in [0.1, 0.15) is 33.1 Å². The highest BCUT2D eigenvalue weighted by Gasteiger charge is 2.25. The molecule has 1 rings (SSSR count). The van der Waals surface area contributed by atoms with E-state index in [4.69, 9.17) is 4.74 Å². The minimum Gasteiger partial charge on any atom is -0.383 e. The van der Waals surface area contributed by atoms with Gasteiger partial charge in [-0.05, 0) is 18.3 Å². The summed E-state index contributed by atoms with van der Waals surface area (Å²) in [6.45, 7) is 6.57. The van der Waals surface area contributed by atoms with Crippen molar-refractivity contribution in [1.82, 2.24) is 5.32 Å². The number of rotatable bonds is 4. The molecule has 0 bridgehead atoms. The van der Waals surface area contributed by atoms with Gasteiger partial charge in [-0.1, -0.05) is 26.7 Å². The van der Waals surface area contributed by atoms with Crippen molar-refractivity contribution in [2.24, 2.45) is 11.8 Å². The van der Waals surface area contributed by atoms with E-state index in [1.54, 1.807) is 7.11 Å². The molecule has 1 aliphatic carbocycles. The van der Waals surface area contributed by atoms with Crippen LogP contribution in [0.25, 0.3) is 0 Å². The van der Waals surface area contributed by atoms with Crippen LogP contribution in [0.3, 0.4) is 0 Å². The zero-order valence-electron chi connectivity index (χ0n) is 9.18. The Balaban J connectivity index is 2.23. The Kier molecular flexibility index (Phi) is 4.74. The molecular weight excluding hydrogens is 162 g/mol. The van der Waals surface area contributed by atoms with Gasteiger partial charge in [0.25, 0.3) is 0 Å². The van der Waals surface area contributed by atoms with E-state index in [0.717, 1.165) is 31.0 Å². The van der Waals surface area contributed by atoms with E-state index in [1.807, 2.05) is 0 Å². The first kappa shape index (κ1) is 11.0. The molecule has 78 valence electrons. The molecule has 2 nitrogen and oxygen atoms in total. The smallest absolute Gasteiger partial charge is 0.0587 e. The fourth-order valence-electron chi connectivity index (χ4n) is 2.22. The van der Waals surface area contributed by atoms with Gasteiger partial charge in [-0.2, -0.15) is 0 Å². The maximum Gasteiger partial charge on any atom is 0.0587 e. The van der Waals surface area contributed by atoms with Gasteiger partial charge in [-0.25, -0.2) is 0 Å². The first-order valence-corrected chi connectivity index (χ1v) is 5.48. The molecule has 0 aromatic rings. The summed E-state index contributed by atoms with van der Waals surface area (Å²) < 4.78 is 5.03. The van der Waals surface area contributed by atoms with E-state index in [-0.39, 0.29) is 0 Å². The summed E-state index contributed by atoms with van der Waals surface area (Å²) in [5, 5.41) is 3.58. The van der Waals surface area contributed by atoms with Crippen molar-refractivity contribution in [3.05, 3.63) is 0 Å². The second-order valence-corrected chi connectivity index (χ2v) is 4.32. The van der Waals surface area contributed by atoms with Crippen LogP contribution < -0.4 is 5.32 Å². The highest BCUT2D eigenvalue weighted by molar-refractivity contribution is 4.81.